The van der Waals surface area contributed by atoms with Crippen LogP contribution in [0.4, 0.5) is 5.82 Å². The number of benzene rings is 2. The van der Waals surface area contributed by atoms with Crippen molar-refractivity contribution < 1.29 is 4.74 Å². The summed E-state index contributed by atoms with van der Waals surface area (Å²) in [5, 5.41) is 9.04. The number of nitrogen functional groups attached to an aromatic ring is 1. The average Bonchev–Trinajstić information content (AvgIpc) is 3.90. The molecular weight excluding hydrogens is 518 g/mol. The minimum Gasteiger partial charge on any atom is -0.383 e. The van der Waals surface area contributed by atoms with Gasteiger partial charge in [-0.3, -0.25) is 15.3 Å². The first-order chi connectivity index (χ1) is 20.6. The Labute approximate surface area is 247 Å². The SMILES string of the molecule is N=C(c1ccc(-c2ncccc2C2CC2)cc1)c1cc(-c2ccc3c(c2)CC[C@@H](N2C4COCC2C4)CC3)cnc1N. The van der Waals surface area contributed by atoms with Crippen LogP contribution in [0.3, 0.4) is 0 Å². The van der Waals surface area contributed by atoms with Crippen LogP contribution in [0, 0.1) is 5.41 Å². The number of nitrogens with one attached hydrogen (secondary N) is 1. The second-order valence-corrected chi connectivity index (χ2v) is 12.6. The number of anilines is 1. The Morgan fingerprint density at radius 1 is 0.810 bits per heavy atom. The summed E-state index contributed by atoms with van der Waals surface area (Å²) in [6.07, 6.45) is 12.2. The quantitative estimate of drug-likeness (QED) is 0.212. The maximum absolute atomic E-state index is 9.04. The van der Waals surface area contributed by atoms with Crippen molar-refractivity contribution in [2.24, 2.45) is 0 Å². The van der Waals surface area contributed by atoms with E-state index in [2.05, 4.69) is 51.3 Å². The zero-order valence-corrected chi connectivity index (χ0v) is 23.9. The molecule has 212 valence electrons. The molecule has 2 aliphatic heterocycles. The van der Waals surface area contributed by atoms with E-state index in [1.165, 1.54) is 48.8 Å². The molecule has 2 aliphatic carbocycles. The van der Waals surface area contributed by atoms with E-state index >= 15 is 0 Å². The van der Waals surface area contributed by atoms with Gasteiger partial charge in [0.2, 0.25) is 0 Å². The summed E-state index contributed by atoms with van der Waals surface area (Å²) in [6, 6.07) is 23.2. The van der Waals surface area contributed by atoms with Gasteiger partial charge < -0.3 is 10.5 Å². The first-order valence-electron chi connectivity index (χ1n) is 15.5. The van der Waals surface area contributed by atoms with Gasteiger partial charge in [-0.15, -0.1) is 0 Å². The van der Waals surface area contributed by atoms with Crippen molar-refractivity contribution in [3.05, 3.63) is 101 Å². The molecule has 1 saturated carbocycles. The number of fused-ring (bicyclic) bond motifs is 3. The summed E-state index contributed by atoms with van der Waals surface area (Å²) in [7, 11) is 0. The van der Waals surface area contributed by atoms with E-state index in [0.717, 1.165) is 54.0 Å². The number of morpholine rings is 1. The summed E-state index contributed by atoms with van der Waals surface area (Å²) >= 11 is 0. The van der Waals surface area contributed by atoms with Gasteiger partial charge in [-0.1, -0.05) is 48.5 Å². The van der Waals surface area contributed by atoms with Gasteiger partial charge in [0, 0.05) is 52.8 Å². The van der Waals surface area contributed by atoms with Gasteiger partial charge >= 0.3 is 0 Å². The number of ether oxygens (including phenoxy) is 1. The lowest BCUT2D eigenvalue weighted by Crippen LogP contribution is -2.66. The van der Waals surface area contributed by atoms with Crippen LogP contribution in [0.25, 0.3) is 22.4 Å². The first kappa shape index (κ1) is 25.8. The Hall–Kier alpha value is -3.87. The van der Waals surface area contributed by atoms with Gasteiger partial charge in [0.1, 0.15) is 5.82 Å². The predicted molar refractivity (Wildman–Crippen MR) is 167 cm³/mol. The molecule has 0 radical (unpaired) electrons. The minimum absolute atomic E-state index is 0.384. The normalized spacial score (nSPS) is 23.5. The Bertz CT molecular complexity index is 1650. The lowest BCUT2D eigenvalue weighted by molar-refractivity contribution is -0.148. The van der Waals surface area contributed by atoms with E-state index in [9.17, 15) is 0 Å². The van der Waals surface area contributed by atoms with Crippen molar-refractivity contribution in [1.29, 1.82) is 5.41 Å². The molecule has 8 rings (SSSR count). The standard InChI is InChI=1S/C36H37N5O/c37-34(24-6-8-25(9-7-24)35-32(23-4-5-23)2-1-15-39-35)33-17-28(19-40-36(33)38)27-10-3-22-11-13-29(14-12-26(22)16-27)41-30-18-31(41)21-42-20-30/h1-3,6-10,15-17,19,23,29-31,37H,4-5,11-14,18,20-21H2,(H2,38,40)/t29-,30?,31?/m0/s1. The molecule has 2 unspecified atom stereocenters. The molecule has 42 heavy (non-hydrogen) atoms. The number of nitrogens with two attached hydrogens (primary N) is 1. The minimum atomic E-state index is 0.384. The Balaban J connectivity index is 1.02. The molecule has 3 N–H and O–H groups in total. The lowest BCUT2D eigenvalue weighted by Gasteiger charge is -2.56. The highest BCUT2D eigenvalue weighted by atomic mass is 16.5. The third-order valence-electron chi connectivity index (χ3n) is 9.95. The Morgan fingerprint density at radius 2 is 1.57 bits per heavy atom. The number of aromatic nitrogens is 2. The first-order valence-corrected chi connectivity index (χ1v) is 15.5. The van der Waals surface area contributed by atoms with E-state index in [1.54, 1.807) is 0 Å². The van der Waals surface area contributed by atoms with Crippen LogP contribution in [0.1, 0.15) is 65.8 Å². The van der Waals surface area contributed by atoms with Gasteiger partial charge in [-0.05, 0) is 85.3 Å². The van der Waals surface area contributed by atoms with E-state index in [1.807, 2.05) is 36.7 Å². The second kappa shape index (κ2) is 10.4. The van der Waals surface area contributed by atoms with Gasteiger partial charge in [0.25, 0.3) is 0 Å². The molecule has 6 heteroatoms. The highest BCUT2D eigenvalue weighted by molar-refractivity contribution is 6.14. The summed E-state index contributed by atoms with van der Waals surface area (Å²) in [4.78, 5) is 12.0. The molecule has 2 aromatic heterocycles. The zero-order valence-electron chi connectivity index (χ0n) is 23.9. The third-order valence-corrected chi connectivity index (χ3v) is 9.95. The van der Waals surface area contributed by atoms with E-state index in [4.69, 9.17) is 15.9 Å². The van der Waals surface area contributed by atoms with Crippen molar-refractivity contribution in [2.75, 3.05) is 18.9 Å². The average molecular weight is 556 g/mol. The van der Waals surface area contributed by atoms with E-state index in [0.29, 0.717) is 41.1 Å². The molecule has 2 saturated heterocycles. The highest BCUT2D eigenvalue weighted by Gasteiger charge is 2.45. The van der Waals surface area contributed by atoms with Crippen LogP contribution < -0.4 is 5.73 Å². The second-order valence-electron chi connectivity index (χ2n) is 12.6. The fourth-order valence-corrected chi connectivity index (χ4v) is 7.50. The summed E-state index contributed by atoms with van der Waals surface area (Å²) in [5.74, 6) is 1.01. The topological polar surface area (TPSA) is 88.1 Å². The van der Waals surface area contributed by atoms with Gasteiger partial charge in [-0.25, -0.2) is 4.98 Å². The number of pyridine rings is 2. The summed E-state index contributed by atoms with van der Waals surface area (Å²) in [5.41, 5.74) is 16.7. The van der Waals surface area contributed by atoms with Crippen LogP contribution >= 0.6 is 0 Å². The van der Waals surface area contributed by atoms with Crippen molar-refractivity contribution in [1.82, 2.24) is 14.9 Å². The van der Waals surface area contributed by atoms with Crippen LogP contribution in [0.5, 0.6) is 0 Å². The fourth-order valence-electron chi connectivity index (χ4n) is 7.50. The molecule has 4 heterocycles. The zero-order chi connectivity index (χ0) is 28.2. The molecule has 3 fully saturated rings. The lowest BCUT2D eigenvalue weighted by atomic mass is 9.87. The number of hydrogen-bond donors (Lipinski definition) is 2. The van der Waals surface area contributed by atoms with Crippen LogP contribution in [-0.2, 0) is 17.6 Å². The van der Waals surface area contributed by atoms with Gasteiger partial charge in [0.05, 0.1) is 24.6 Å². The number of hydrogen-bond acceptors (Lipinski definition) is 6. The van der Waals surface area contributed by atoms with E-state index < -0.39 is 0 Å². The monoisotopic (exact) mass is 555 g/mol. The maximum atomic E-state index is 9.04. The molecule has 6 nitrogen and oxygen atoms in total. The van der Waals surface area contributed by atoms with Crippen LogP contribution in [0.15, 0.2) is 73.1 Å². The smallest absolute Gasteiger partial charge is 0.132 e. The van der Waals surface area contributed by atoms with Crippen LogP contribution in [0.2, 0.25) is 0 Å². The molecule has 4 aromatic rings. The van der Waals surface area contributed by atoms with E-state index in [-0.39, 0.29) is 0 Å². The van der Waals surface area contributed by atoms with Crippen LogP contribution in [-0.4, -0.2) is 51.9 Å². The predicted octanol–water partition coefficient (Wildman–Crippen LogP) is 6.41. The number of aryl methyl sites for hydroxylation is 2. The fraction of sp³-hybridized carbons (Fsp3) is 0.361. The van der Waals surface area contributed by atoms with Gasteiger partial charge in [0.15, 0.2) is 0 Å². The third kappa shape index (κ3) is 4.63. The van der Waals surface area contributed by atoms with Gasteiger partial charge in [-0.2, -0.15) is 0 Å². The molecule has 0 amide bonds. The summed E-state index contributed by atoms with van der Waals surface area (Å²) in [6.45, 7) is 1.81. The Kier molecular flexibility index (Phi) is 6.42. The molecular formula is C36H37N5O. The highest BCUT2D eigenvalue weighted by Crippen LogP contribution is 2.43. The molecule has 0 spiro atoms. The molecule has 2 bridgehead atoms. The summed E-state index contributed by atoms with van der Waals surface area (Å²) < 4.78 is 5.74. The van der Waals surface area contributed by atoms with Crippen molar-refractivity contribution >= 4 is 11.5 Å². The van der Waals surface area contributed by atoms with Crippen molar-refractivity contribution in [3.8, 4) is 22.4 Å². The van der Waals surface area contributed by atoms with Crippen molar-refractivity contribution in [3.63, 3.8) is 0 Å². The maximum Gasteiger partial charge on any atom is 0.132 e. The van der Waals surface area contributed by atoms with Crippen molar-refractivity contribution in [2.45, 2.75) is 69.0 Å². The number of rotatable bonds is 6. The molecule has 3 atom stereocenters. The Morgan fingerprint density at radius 3 is 2.33 bits per heavy atom. The molecule has 4 aliphatic rings. The largest absolute Gasteiger partial charge is 0.383 e. The molecule has 2 aromatic carbocycles. The number of nitrogens with zero attached hydrogens (tertiary/aromatic N) is 3.